The largest absolute Gasteiger partial charge is 0.388 e. The van der Waals surface area contributed by atoms with Gasteiger partial charge in [-0.1, -0.05) is 5.11 Å². The van der Waals surface area contributed by atoms with Crippen molar-refractivity contribution >= 4 is 0 Å². The SMILES string of the molecule is [N-]=[N+]=N[C@@H]1O[C@H]([CH]O)[C@@H](O)[C@H](O)[C@H]1O. The summed E-state index contributed by atoms with van der Waals surface area (Å²) < 4.78 is 4.78. The molecule has 5 atom stereocenters. The molecule has 0 aromatic carbocycles. The maximum atomic E-state index is 9.26. The lowest BCUT2D eigenvalue weighted by Gasteiger charge is -2.37. The van der Waals surface area contributed by atoms with E-state index in [9.17, 15) is 15.3 Å². The number of hydrogen-bond donors (Lipinski definition) is 4. The molecule has 8 nitrogen and oxygen atoms in total. The zero-order chi connectivity index (χ0) is 10.7. The molecule has 0 bridgehead atoms. The molecule has 8 heteroatoms. The Hall–Kier alpha value is -0.890. The van der Waals surface area contributed by atoms with Gasteiger partial charge in [0.05, 0.1) is 0 Å². The van der Waals surface area contributed by atoms with E-state index in [1.54, 1.807) is 0 Å². The zero-order valence-corrected chi connectivity index (χ0v) is 7.00. The van der Waals surface area contributed by atoms with Crippen LogP contribution in [0.5, 0.6) is 0 Å². The molecule has 1 fully saturated rings. The van der Waals surface area contributed by atoms with Crippen molar-refractivity contribution in [2.24, 2.45) is 5.11 Å². The molecule has 0 saturated carbocycles. The summed E-state index contributed by atoms with van der Waals surface area (Å²) in [7, 11) is 0. The Kier molecular flexibility index (Phi) is 3.64. The first-order chi connectivity index (χ1) is 6.61. The van der Waals surface area contributed by atoms with Crippen LogP contribution in [0.25, 0.3) is 10.4 Å². The minimum atomic E-state index is -1.53. The number of azide groups is 1. The smallest absolute Gasteiger partial charge is 0.165 e. The summed E-state index contributed by atoms with van der Waals surface area (Å²) >= 11 is 0. The third-order valence-electron chi connectivity index (χ3n) is 1.94. The third kappa shape index (κ3) is 1.95. The van der Waals surface area contributed by atoms with E-state index in [-0.39, 0.29) is 0 Å². The van der Waals surface area contributed by atoms with E-state index in [0.717, 1.165) is 0 Å². The van der Waals surface area contributed by atoms with Crippen molar-refractivity contribution in [3.05, 3.63) is 17.0 Å². The molecule has 0 aromatic heterocycles. The van der Waals surface area contributed by atoms with Gasteiger partial charge in [-0.2, -0.15) is 0 Å². The predicted molar refractivity (Wildman–Crippen MR) is 42.1 cm³/mol. The molecular weight excluding hydrogens is 194 g/mol. The van der Waals surface area contributed by atoms with Gasteiger partial charge < -0.3 is 25.2 Å². The minimum absolute atomic E-state index is 0.514. The maximum Gasteiger partial charge on any atom is 0.165 e. The van der Waals surface area contributed by atoms with Crippen LogP contribution in [0.4, 0.5) is 0 Å². The van der Waals surface area contributed by atoms with Crippen molar-refractivity contribution < 1.29 is 25.2 Å². The molecule has 0 aliphatic carbocycles. The lowest BCUT2D eigenvalue weighted by atomic mass is 9.99. The first-order valence-corrected chi connectivity index (χ1v) is 3.83. The lowest BCUT2D eigenvalue weighted by molar-refractivity contribution is -0.217. The molecule has 1 saturated heterocycles. The van der Waals surface area contributed by atoms with E-state index in [1.165, 1.54) is 0 Å². The normalized spacial score (nSPS) is 43.0. The van der Waals surface area contributed by atoms with Gasteiger partial charge in [-0.25, -0.2) is 0 Å². The van der Waals surface area contributed by atoms with Crippen LogP contribution in [-0.4, -0.2) is 51.1 Å². The minimum Gasteiger partial charge on any atom is -0.388 e. The van der Waals surface area contributed by atoms with Crippen LogP contribution >= 0.6 is 0 Å². The summed E-state index contributed by atoms with van der Waals surface area (Å²) in [5.41, 5.74) is 8.10. The molecule has 1 aliphatic heterocycles. The first-order valence-electron chi connectivity index (χ1n) is 3.83. The van der Waals surface area contributed by atoms with Crippen LogP contribution in [-0.2, 0) is 4.74 Å². The molecule has 0 amide bonds. The van der Waals surface area contributed by atoms with Gasteiger partial charge in [0.2, 0.25) is 0 Å². The van der Waals surface area contributed by atoms with Gasteiger partial charge in [-0.15, -0.1) is 0 Å². The quantitative estimate of drug-likeness (QED) is 0.250. The fourth-order valence-corrected chi connectivity index (χ4v) is 1.16. The average molecular weight is 204 g/mol. The van der Waals surface area contributed by atoms with Crippen molar-refractivity contribution in [3.63, 3.8) is 0 Å². The van der Waals surface area contributed by atoms with Crippen molar-refractivity contribution in [2.75, 3.05) is 0 Å². The first kappa shape index (κ1) is 11.2. The molecule has 1 radical (unpaired) electrons. The van der Waals surface area contributed by atoms with Gasteiger partial charge >= 0.3 is 0 Å². The highest BCUT2D eigenvalue weighted by atomic mass is 16.6. The Morgan fingerprint density at radius 3 is 2.36 bits per heavy atom. The van der Waals surface area contributed by atoms with Crippen LogP contribution in [0.2, 0.25) is 0 Å². The standard InChI is InChI=1S/C6H10N3O5/c7-9-8-6-5(13)4(12)3(11)2(1-10)14-6/h1-6,10-13H/t2-,3-,4+,5-,6-/m1/s1. The van der Waals surface area contributed by atoms with E-state index >= 15 is 0 Å². The molecule has 0 spiro atoms. The number of rotatable bonds is 2. The van der Waals surface area contributed by atoms with Crippen molar-refractivity contribution in [1.29, 1.82) is 0 Å². The molecule has 1 heterocycles. The second-order valence-electron chi connectivity index (χ2n) is 2.82. The summed E-state index contributed by atoms with van der Waals surface area (Å²) in [6, 6.07) is 0. The summed E-state index contributed by atoms with van der Waals surface area (Å²) in [5.74, 6) is 0. The Labute approximate surface area is 79.0 Å². The molecule has 14 heavy (non-hydrogen) atoms. The van der Waals surface area contributed by atoms with Crippen molar-refractivity contribution in [1.82, 2.24) is 0 Å². The van der Waals surface area contributed by atoms with Crippen molar-refractivity contribution in [3.8, 4) is 0 Å². The van der Waals surface area contributed by atoms with E-state index in [4.69, 9.17) is 15.4 Å². The number of ether oxygens (including phenoxy) is 1. The molecule has 1 aliphatic rings. The molecule has 4 N–H and O–H groups in total. The van der Waals surface area contributed by atoms with E-state index < -0.39 is 30.6 Å². The Morgan fingerprint density at radius 2 is 1.86 bits per heavy atom. The van der Waals surface area contributed by atoms with Crippen LogP contribution in [0.15, 0.2) is 5.11 Å². The van der Waals surface area contributed by atoms with Crippen LogP contribution < -0.4 is 0 Å². The number of nitrogens with zero attached hydrogens (tertiary/aromatic N) is 3. The maximum absolute atomic E-state index is 9.26. The topological polar surface area (TPSA) is 139 Å². The Bertz CT molecular complexity index is 242. The van der Waals surface area contributed by atoms with Gasteiger partial charge in [0, 0.05) is 4.91 Å². The van der Waals surface area contributed by atoms with E-state index in [2.05, 4.69) is 10.0 Å². The predicted octanol–water partition coefficient (Wildman–Crippen LogP) is -1.36. The van der Waals surface area contributed by atoms with Crippen LogP contribution in [0.3, 0.4) is 0 Å². The second kappa shape index (κ2) is 4.56. The molecule has 79 valence electrons. The van der Waals surface area contributed by atoms with Crippen LogP contribution in [0, 0.1) is 6.61 Å². The summed E-state index contributed by atoms with van der Waals surface area (Å²) in [6.07, 6.45) is -7.03. The van der Waals surface area contributed by atoms with Gasteiger partial charge in [-0.05, 0) is 5.53 Å². The fraction of sp³-hybridized carbons (Fsp3) is 0.833. The monoisotopic (exact) mass is 204 g/mol. The van der Waals surface area contributed by atoms with Gasteiger partial charge in [0.25, 0.3) is 0 Å². The number of aliphatic hydroxyl groups excluding tert-OH is 4. The zero-order valence-electron chi connectivity index (χ0n) is 7.00. The highest BCUT2D eigenvalue weighted by Crippen LogP contribution is 2.22. The molecule has 0 unspecified atom stereocenters. The number of hydrogen-bond acceptors (Lipinski definition) is 6. The number of aliphatic hydroxyl groups is 4. The Balaban J connectivity index is 2.77. The van der Waals surface area contributed by atoms with E-state index in [1.807, 2.05) is 0 Å². The van der Waals surface area contributed by atoms with E-state index in [0.29, 0.717) is 6.61 Å². The van der Waals surface area contributed by atoms with Gasteiger partial charge in [-0.3, -0.25) is 0 Å². The molecular formula is C6H10N3O5. The van der Waals surface area contributed by atoms with Crippen LogP contribution in [0.1, 0.15) is 0 Å². The summed E-state index contributed by atoms with van der Waals surface area (Å²) in [4.78, 5) is 2.39. The van der Waals surface area contributed by atoms with Crippen molar-refractivity contribution in [2.45, 2.75) is 30.6 Å². The molecule has 0 aromatic rings. The third-order valence-corrected chi connectivity index (χ3v) is 1.94. The highest BCUT2D eigenvalue weighted by Gasteiger charge is 2.43. The average Bonchev–Trinajstić information content (AvgIpc) is 2.19. The lowest BCUT2D eigenvalue weighted by Crippen LogP contribution is -2.56. The second-order valence-corrected chi connectivity index (χ2v) is 2.82. The Morgan fingerprint density at radius 1 is 1.21 bits per heavy atom. The summed E-state index contributed by atoms with van der Waals surface area (Å²) in [5, 5.41) is 39.4. The summed E-state index contributed by atoms with van der Waals surface area (Å²) in [6.45, 7) is 0.514. The van der Waals surface area contributed by atoms with Gasteiger partial charge in [0.15, 0.2) is 6.23 Å². The molecule has 1 rings (SSSR count). The fourth-order valence-electron chi connectivity index (χ4n) is 1.16. The highest BCUT2D eigenvalue weighted by molar-refractivity contribution is 4.93. The van der Waals surface area contributed by atoms with Gasteiger partial charge in [0.1, 0.15) is 31.0 Å².